The molecule has 13 heteroatoms. The van der Waals surface area contributed by atoms with E-state index in [9.17, 15) is 32.3 Å². The monoisotopic (exact) mass is 526 g/mol. The van der Waals surface area contributed by atoms with Crippen LogP contribution in [0.4, 0.5) is 13.2 Å². The van der Waals surface area contributed by atoms with Crippen molar-refractivity contribution in [1.82, 2.24) is 20.9 Å². The number of ether oxygens (including phenoxy) is 2. The summed E-state index contributed by atoms with van der Waals surface area (Å²) in [6.07, 6.45) is -4.16. The summed E-state index contributed by atoms with van der Waals surface area (Å²) in [7, 11) is 1.16. The van der Waals surface area contributed by atoms with Crippen LogP contribution in [0.15, 0.2) is 24.3 Å². The number of aromatic amines is 1. The van der Waals surface area contributed by atoms with Crippen LogP contribution in [0.3, 0.4) is 0 Å². The van der Waals surface area contributed by atoms with Crippen molar-refractivity contribution in [3.05, 3.63) is 30.0 Å². The van der Waals surface area contributed by atoms with Gasteiger partial charge < -0.3 is 30.4 Å². The fraction of sp³-hybridized carbons (Fsp3) is 0.500. The minimum Gasteiger partial charge on any atom is -0.467 e. The zero-order valence-electron chi connectivity index (χ0n) is 20.5. The van der Waals surface area contributed by atoms with Gasteiger partial charge in [0.25, 0.3) is 5.91 Å². The number of benzene rings is 1. The first-order valence-corrected chi connectivity index (χ1v) is 11.7. The van der Waals surface area contributed by atoms with Gasteiger partial charge in [0.15, 0.2) is 0 Å². The van der Waals surface area contributed by atoms with E-state index in [-0.39, 0.29) is 41.3 Å². The molecule has 0 aliphatic carbocycles. The Labute approximate surface area is 210 Å². The van der Waals surface area contributed by atoms with Crippen LogP contribution < -0.4 is 20.7 Å². The van der Waals surface area contributed by atoms with E-state index in [4.69, 9.17) is 4.74 Å². The molecule has 0 spiro atoms. The van der Waals surface area contributed by atoms with E-state index in [1.54, 1.807) is 0 Å². The van der Waals surface area contributed by atoms with Gasteiger partial charge in [-0.1, -0.05) is 19.9 Å². The second-order valence-corrected chi connectivity index (χ2v) is 9.20. The van der Waals surface area contributed by atoms with Gasteiger partial charge >= 0.3 is 12.3 Å². The molecular weight excluding hydrogens is 497 g/mol. The summed E-state index contributed by atoms with van der Waals surface area (Å²) in [5, 5.41) is 7.86. The van der Waals surface area contributed by atoms with Gasteiger partial charge in [0.2, 0.25) is 11.8 Å². The second kappa shape index (κ2) is 11.5. The zero-order chi connectivity index (χ0) is 27.3. The number of halogens is 3. The molecule has 3 rings (SSSR count). The van der Waals surface area contributed by atoms with Gasteiger partial charge in [-0.25, -0.2) is 4.79 Å². The predicted molar refractivity (Wildman–Crippen MR) is 125 cm³/mol. The van der Waals surface area contributed by atoms with E-state index in [0.717, 1.165) is 13.2 Å². The van der Waals surface area contributed by atoms with Crippen LogP contribution in [-0.2, 0) is 19.1 Å². The van der Waals surface area contributed by atoms with Crippen molar-refractivity contribution in [2.75, 3.05) is 13.7 Å². The Kier molecular flexibility index (Phi) is 8.66. The van der Waals surface area contributed by atoms with Gasteiger partial charge in [-0.05, 0) is 43.4 Å². The maximum Gasteiger partial charge on any atom is 0.573 e. The Bertz CT molecular complexity index is 1160. The topological polar surface area (TPSA) is 139 Å². The van der Waals surface area contributed by atoms with E-state index in [0.29, 0.717) is 13.0 Å². The van der Waals surface area contributed by atoms with E-state index in [1.807, 2.05) is 13.8 Å². The SMILES string of the molecule is COC(=O)C(C[C@@H]1CCNC1=O)NC(=O)C(CC(C)C)NC(=O)c1cc2c(OC(F)(F)F)cccc2[nH]1. The van der Waals surface area contributed by atoms with Crippen LogP contribution in [0.5, 0.6) is 5.75 Å². The van der Waals surface area contributed by atoms with Crippen molar-refractivity contribution in [2.45, 2.75) is 51.6 Å². The molecule has 4 N–H and O–H groups in total. The smallest absolute Gasteiger partial charge is 0.467 e. The van der Waals surface area contributed by atoms with Crippen LogP contribution in [-0.4, -0.2) is 60.8 Å². The Morgan fingerprint density at radius 3 is 2.49 bits per heavy atom. The normalized spacial score (nSPS) is 17.3. The molecule has 10 nitrogen and oxygen atoms in total. The van der Waals surface area contributed by atoms with Gasteiger partial charge in [0, 0.05) is 23.4 Å². The maximum absolute atomic E-state index is 13.1. The average molecular weight is 527 g/mol. The first kappa shape index (κ1) is 27.8. The lowest BCUT2D eigenvalue weighted by Crippen LogP contribution is -2.53. The first-order valence-electron chi connectivity index (χ1n) is 11.7. The summed E-state index contributed by atoms with van der Waals surface area (Å²) in [5.74, 6) is -3.33. The lowest BCUT2D eigenvalue weighted by atomic mass is 9.97. The van der Waals surface area contributed by atoms with Crippen molar-refractivity contribution in [1.29, 1.82) is 0 Å². The number of fused-ring (bicyclic) bond motifs is 1. The standard InChI is InChI=1S/C24H29F3N4O6/c1-12(2)9-16(21(33)31-18(23(35)36-3)10-13-7-8-28-20(13)32)30-22(34)17-11-14-15(29-17)5-4-6-19(14)37-24(25,26)27/h4-6,11-13,16,18,29H,7-10H2,1-3H3,(H,28,32)(H,30,34)(H,31,33)/t13-,16?,18?/m0/s1. The van der Waals surface area contributed by atoms with Crippen LogP contribution in [0.25, 0.3) is 10.9 Å². The molecule has 3 amide bonds. The van der Waals surface area contributed by atoms with Gasteiger partial charge in [0.1, 0.15) is 23.5 Å². The number of rotatable bonds is 10. The summed E-state index contributed by atoms with van der Waals surface area (Å²) in [5.41, 5.74) is 0.152. The summed E-state index contributed by atoms with van der Waals surface area (Å²) in [6.45, 7) is 4.13. The zero-order valence-corrected chi connectivity index (χ0v) is 20.5. The molecule has 1 fully saturated rings. The molecule has 2 aromatic rings. The van der Waals surface area contributed by atoms with Crippen molar-refractivity contribution in [2.24, 2.45) is 11.8 Å². The first-order chi connectivity index (χ1) is 17.4. The van der Waals surface area contributed by atoms with Crippen LogP contribution in [0.1, 0.15) is 43.6 Å². The van der Waals surface area contributed by atoms with Gasteiger partial charge in [0.05, 0.1) is 7.11 Å². The molecular formula is C24H29F3N4O6. The Hall–Kier alpha value is -3.77. The summed E-state index contributed by atoms with van der Waals surface area (Å²) < 4.78 is 47.0. The fourth-order valence-corrected chi connectivity index (χ4v) is 4.19. The number of hydrogen-bond donors (Lipinski definition) is 4. The highest BCUT2D eigenvalue weighted by Crippen LogP contribution is 2.31. The molecule has 1 aromatic heterocycles. The predicted octanol–water partition coefficient (Wildman–Crippen LogP) is 2.39. The number of esters is 1. The molecule has 2 unspecified atom stereocenters. The van der Waals surface area contributed by atoms with Crippen molar-refractivity contribution in [3.8, 4) is 5.75 Å². The van der Waals surface area contributed by atoms with Crippen molar-refractivity contribution < 1.29 is 41.8 Å². The Morgan fingerprint density at radius 1 is 1.16 bits per heavy atom. The molecule has 1 aromatic carbocycles. The Morgan fingerprint density at radius 2 is 1.89 bits per heavy atom. The lowest BCUT2D eigenvalue weighted by molar-refractivity contribution is -0.274. The quantitative estimate of drug-likeness (QED) is 0.351. The minimum atomic E-state index is -4.91. The molecule has 1 aliphatic heterocycles. The summed E-state index contributed by atoms with van der Waals surface area (Å²) in [6, 6.07) is 2.97. The molecule has 0 radical (unpaired) electrons. The molecule has 37 heavy (non-hydrogen) atoms. The van der Waals surface area contributed by atoms with E-state index in [1.165, 1.54) is 18.2 Å². The van der Waals surface area contributed by atoms with Gasteiger partial charge in [-0.15, -0.1) is 13.2 Å². The summed E-state index contributed by atoms with van der Waals surface area (Å²) >= 11 is 0. The van der Waals surface area contributed by atoms with E-state index < -0.39 is 47.9 Å². The van der Waals surface area contributed by atoms with Gasteiger partial charge in [-0.2, -0.15) is 0 Å². The number of H-pyrrole nitrogens is 1. The third-order valence-corrected chi connectivity index (χ3v) is 5.91. The van der Waals surface area contributed by atoms with Crippen molar-refractivity contribution >= 4 is 34.6 Å². The van der Waals surface area contributed by atoms with Crippen LogP contribution >= 0.6 is 0 Å². The minimum absolute atomic E-state index is 0.0374. The number of nitrogens with one attached hydrogen (secondary N) is 4. The number of aromatic nitrogens is 1. The third-order valence-electron chi connectivity index (χ3n) is 5.91. The number of carbonyl (C=O) groups is 4. The molecule has 0 bridgehead atoms. The van der Waals surface area contributed by atoms with E-state index in [2.05, 4.69) is 25.7 Å². The maximum atomic E-state index is 13.1. The molecule has 1 aliphatic rings. The van der Waals surface area contributed by atoms with Crippen molar-refractivity contribution in [3.63, 3.8) is 0 Å². The Balaban J connectivity index is 1.77. The average Bonchev–Trinajstić information content (AvgIpc) is 3.43. The van der Waals surface area contributed by atoms with E-state index >= 15 is 0 Å². The molecule has 3 atom stereocenters. The van der Waals surface area contributed by atoms with Gasteiger partial charge in [-0.3, -0.25) is 14.4 Å². The fourth-order valence-electron chi connectivity index (χ4n) is 4.19. The number of methoxy groups -OCH3 is 1. The molecule has 0 saturated carbocycles. The number of amides is 3. The lowest BCUT2D eigenvalue weighted by Gasteiger charge is -2.24. The molecule has 2 heterocycles. The number of hydrogen-bond acceptors (Lipinski definition) is 6. The highest BCUT2D eigenvalue weighted by Gasteiger charge is 2.34. The second-order valence-electron chi connectivity index (χ2n) is 9.20. The highest BCUT2D eigenvalue weighted by molar-refractivity contribution is 6.01. The molecule has 1 saturated heterocycles. The third kappa shape index (κ3) is 7.37. The molecule has 202 valence electrons. The summed E-state index contributed by atoms with van der Waals surface area (Å²) in [4.78, 5) is 53.1. The van der Waals surface area contributed by atoms with Crippen LogP contribution in [0, 0.1) is 11.8 Å². The van der Waals surface area contributed by atoms with Crippen LogP contribution in [0.2, 0.25) is 0 Å². The number of alkyl halides is 3. The highest BCUT2D eigenvalue weighted by atomic mass is 19.4. The largest absolute Gasteiger partial charge is 0.573 e. The number of carbonyl (C=O) groups excluding carboxylic acids is 4.